The molecule has 1 fully saturated rings. The van der Waals surface area contributed by atoms with Crippen LogP contribution in [0.1, 0.15) is 67.7 Å². The number of carbonyl (C=O) groups excluding carboxylic acids is 1. The number of aromatic nitrogens is 2. The predicted molar refractivity (Wildman–Crippen MR) is 102 cm³/mol. The number of amides is 1. The highest BCUT2D eigenvalue weighted by atomic mass is 16.5. The molecule has 0 spiro atoms. The Labute approximate surface area is 157 Å². The number of likely N-dealkylation sites (tertiary alicyclic amines) is 1. The van der Waals surface area contributed by atoms with Gasteiger partial charge in [0.2, 0.25) is 0 Å². The van der Waals surface area contributed by atoms with Gasteiger partial charge in [-0.1, -0.05) is 0 Å². The lowest BCUT2D eigenvalue weighted by atomic mass is 9.91. The maximum Gasteiger partial charge on any atom is 0.274 e. The number of fused-ring (bicyclic) bond motifs is 1. The second-order valence-electron chi connectivity index (χ2n) is 7.92. The summed E-state index contributed by atoms with van der Waals surface area (Å²) in [6.07, 6.45) is 7.79. The van der Waals surface area contributed by atoms with E-state index in [1.807, 2.05) is 16.6 Å². The van der Waals surface area contributed by atoms with Crippen molar-refractivity contribution in [3.63, 3.8) is 0 Å². The molecular weight excluding hydrogens is 328 g/mol. The average molecular weight is 363 g/mol. The van der Waals surface area contributed by atoms with E-state index in [0.717, 1.165) is 64.8 Å². The zero-order chi connectivity index (χ0) is 18.5. The van der Waals surface area contributed by atoms with E-state index in [9.17, 15) is 4.79 Å². The minimum Gasteiger partial charge on any atom is -0.379 e. The van der Waals surface area contributed by atoms with E-state index in [1.165, 1.54) is 17.7 Å². The molecule has 1 unspecified atom stereocenters. The Kier molecular flexibility index (Phi) is 6.70. The van der Waals surface area contributed by atoms with Crippen molar-refractivity contribution >= 4 is 5.91 Å². The monoisotopic (exact) mass is 362 g/mol. The third kappa shape index (κ3) is 4.65. The van der Waals surface area contributed by atoms with Gasteiger partial charge in [-0.05, 0) is 65.3 Å². The highest BCUT2D eigenvalue weighted by molar-refractivity contribution is 5.94. The number of carbonyl (C=O) groups is 1. The lowest BCUT2D eigenvalue weighted by molar-refractivity contribution is 0.0716. The Morgan fingerprint density at radius 2 is 2.08 bits per heavy atom. The number of hydrogen-bond acceptors (Lipinski definition) is 4. The first kappa shape index (κ1) is 19.4. The number of hydrogen-bond donors (Lipinski definition) is 1. The number of nitrogens with zero attached hydrogens (tertiary/aromatic N) is 3. The number of nitrogens with one attached hydrogen (secondary N) is 1. The van der Waals surface area contributed by atoms with Crippen LogP contribution >= 0.6 is 0 Å². The van der Waals surface area contributed by atoms with Crippen LogP contribution in [0.4, 0.5) is 0 Å². The Bertz CT molecular complexity index is 605. The Hall–Kier alpha value is -1.40. The highest BCUT2D eigenvalue weighted by Crippen LogP contribution is 2.26. The van der Waals surface area contributed by atoms with E-state index in [1.54, 1.807) is 0 Å². The molecule has 0 bridgehead atoms. The second kappa shape index (κ2) is 9.00. The van der Waals surface area contributed by atoms with Crippen molar-refractivity contribution in [2.45, 2.75) is 70.9 Å². The molecule has 1 aromatic rings. The quantitative estimate of drug-likeness (QED) is 0.756. The number of aryl methyl sites for hydroxylation is 1. The molecule has 1 aliphatic heterocycles. The summed E-state index contributed by atoms with van der Waals surface area (Å²) in [5.74, 6) is 0.132. The Balaban J connectivity index is 1.59. The average Bonchev–Trinajstić information content (AvgIpc) is 2.97. The van der Waals surface area contributed by atoms with Gasteiger partial charge in [0, 0.05) is 44.0 Å². The first-order valence-electron chi connectivity index (χ1n) is 10.2. The summed E-state index contributed by atoms with van der Waals surface area (Å²) in [6, 6.07) is 0.429. The fraction of sp³-hybridized carbons (Fsp3) is 0.800. The molecule has 26 heavy (non-hydrogen) atoms. The molecule has 3 rings (SSSR count). The van der Waals surface area contributed by atoms with E-state index < -0.39 is 0 Å². The van der Waals surface area contributed by atoms with Gasteiger partial charge in [0.15, 0.2) is 5.69 Å². The Morgan fingerprint density at radius 1 is 1.31 bits per heavy atom. The van der Waals surface area contributed by atoms with Gasteiger partial charge in [0.05, 0.1) is 6.10 Å². The second-order valence-corrected chi connectivity index (χ2v) is 7.92. The van der Waals surface area contributed by atoms with E-state index in [4.69, 9.17) is 4.74 Å². The molecule has 1 saturated heterocycles. The molecule has 6 heteroatoms. The first-order chi connectivity index (χ1) is 12.6. The topological polar surface area (TPSA) is 59.4 Å². The molecule has 0 aromatic carbocycles. The molecule has 0 saturated carbocycles. The molecule has 1 amide bonds. The molecule has 6 nitrogen and oxygen atoms in total. The van der Waals surface area contributed by atoms with Crippen molar-refractivity contribution in [2.75, 3.05) is 26.2 Å². The van der Waals surface area contributed by atoms with Crippen molar-refractivity contribution in [1.82, 2.24) is 20.0 Å². The minimum atomic E-state index is 0.132. The fourth-order valence-electron chi connectivity index (χ4n) is 4.08. The molecule has 2 heterocycles. The molecule has 1 aromatic heterocycles. The standard InChI is InChI=1S/C20H34N4O2/c1-15(2)26-13-7-10-21-16-8-9-18-17(14-16)19(22-23(18)3)20(25)24-11-5-4-6-12-24/h15-16,21H,4-14H2,1-3H3. The van der Waals surface area contributed by atoms with Crippen molar-refractivity contribution < 1.29 is 9.53 Å². The van der Waals surface area contributed by atoms with Crippen LogP contribution in [0.2, 0.25) is 0 Å². The van der Waals surface area contributed by atoms with Gasteiger partial charge in [-0.2, -0.15) is 5.10 Å². The molecule has 1 atom stereocenters. The van der Waals surface area contributed by atoms with Gasteiger partial charge >= 0.3 is 0 Å². The van der Waals surface area contributed by atoms with Gasteiger partial charge in [-0.15, -0.1) is 0 Å². The van der Waals surface area contributed by atoms with Crippen LogP contribution < -0.4 is 5.32 Å². The largest absolute Gasteiger partial charge is 0.379 e. The van der Waals surface area contributed by atoms with Gasteiger partial charge in [0.25, 0.3) is 5.91 Å². The highest BCUT2D eigenvalue weighted by Gasteiger charge is 2.30. The van der Waals surface area contributed by atoms with Gasteiger partial charge in [0.1, 0.15) is 0 Å². The van der Waals surface area contributed by atoms with E-state index in [0.29, 0.717) is 17.8 Å². The van der Waals surface area contributed by atoms with E-state index >= 15 is 0 Å². The van der Waals surface area contributed by atoms with E-state index in [-0.39, 0.29) is 5.91 Å². The van der Waals surface area contributed by atoms with Crippen LogP contribution in [0, 0.1) is 0 Å². The number of piperidine rings is 1. The third-order valence-electron chi connectivity index (χ3n) is 5.51. The van der Waals surface area contributed by atoms with Crippen LogP contribution in [0.15, 0.2) is 0 Å². The third-order valence-corrected chi connectivity index (χ3v) is 5.51. The van der Waals surface area contributed by atoms with Gasteiger partial charge in [-0.3, -0.25) is 9.48 Å². The zero-order valence-corrected chi connectivity index (χ0v) is 16.6. The summed E-state index contributed by atoms with van der Waals surface area (Å²) < 4.78 is 7.53. The van der Waals surface area contributed by atoms with Crippen molar-refractivity contribution in [2.24, 2.45) is 7.05 Å². The minimum absolute atomic E-state index is 0.132. The zero-order valence-electron chi connectivity index (χ0n) is 16.6. The summed E-state index contributed by atoms with van der Waals surface area (Å²) >= 11 is 0. The SMILES string of the molecule is CC(C)OCCCNC1CCc2c(c(C(=O)N3CCCCC3)nn2C)C1. The van der Waals surface area contributed by atoms with E-state index in [2.05, 4.69) is 24.3 Å². The lowest BCUT2D eigenvalue weighted by Crippen LogP contribution is -2.38. The van der Waals surface area contributed by atoms with Gasteiger partial charge in [-0.25, -0.2) is 0 Å². The maximum absolute atomic E-state index is 13.0. The van der Waals surface area contributed by atoms with Gasteiger partial charge < -0.3 is 15.0 Å². The molecular formula is C20H34N4O2. The molecule has 2 aliphatic rings. The molecule has 1 N–H and O–H groups in total. The first-order valence-corrected chi connectivity index (χ1v) is 10.2. The van der Waals surface area contributed by atoms with Crippen molar-refractivity contribution in [3.8, 4) is 0 Å². The van der Waals surface area contributed by atoms with Crippen LogP contribution in [0.5, 0.6) is 0 Å². The molecule has 1 aliphatic carbocycles. The summed E-state index contributed by atoms with van der Waals surface area (Å²) in [5.41, 5.74) is 3.11. The van der Waals surface area contributed by atoms with Crippen molar-refractivity contribution in [3.05, 3.63) is 17.0 Å². The number of ether oxygens (including phenoxy) is 1. The van der Waals surface area contributed by atoms with Crippen molar-refractivity contribution in [1.29, 1.82) is 0 Å². The maximum atomic E-state index is 13.0. The summed E-state index contributed by atoms with van der Waals surface area (Å²) in [6.45, 7) is 7.65. The normalized spacial score (nSPS) is 20.5. The van der Waals surface area contributed by atoms with Crippen LogP contribution in [-0.2, 0) is 24.6 Å². The predicted octanol–water partition coefficient (Wildman–Crippen LogP) is 2.31. The van der Waals surface area contributed by atoms with Crippen LogP contribution in [-0.4, -0.2) is 59.0 Å². The van der Waals surface area contributed by atoms with Crippen LogP contribution in [0.25, 0.3) is 0 Å². The summed E-state index contributed by atoms with van der Waals surface area (Å²) in [5, 5.41) is 8.26. The number of rotatable bonds is 7. The molecule has 146 valence electrons. The molecule has 0 radical (unpaired) electrons. The van der Waals surface area contributed by atoms with Crippen LogP contribution in [0.3, 0.4) is 0 Å². The fourth-order valence-corrected chi connectivity index (χ4v) is 4.08. The lowest BCUT2D eigenvalue weighted by Gasteiger charge is -2.27. The Morgan fingerprint density at radius 3 is 2.81 bits per heavy atom. The summed E-state index contributed by atoms with van der Waals surface area (Å²) in [7, 11) is 1.98. The smallest absolute Gasteiger partial charge is 0.274 e. The summed E-state index contributed by atoms with van der Waals surface area (Å²) in [4.78, 5) is 15.0.